The fourth-order valence-electron chi connectivity index (χ4n) is 11.3. The second-order valence-electron chi connectivity index (χ2n) is 20.4. The Morgan fingerprint density at radius 1 is 0.437 bits per heavy atom. The van der Waals surface area contributed by atoms with E-state index in [1.54, 1.807) is 0 Å². The Bertz CT molecular complexity index is 3660. The van der Waals surface area contributed by atoms with Crippen LogP contribution in [-0.2, 0) is 5.41 Å². The highest BCUT2D eigenvalue weighted by molar-refractivity contribution is 7.00. The maximum absolute atomic E-state index is 6.68. The van der Waals surface area contributed by atoms with Gasteiger partial charge >= 0.3 is 0 Å². The number of hydrogen-bond donors (Lipinski definition) is 0. The molecule has 0 aliphatic carbocycles. The minimum Gasteiger partial charge on any atom is -0.456 e. The van der Waals surface area contributed by atoms with Gasteiger partial charge in [-0.15, -0.1) is 0 Å². The highest BCUT2D eigenvalue weighted by Gasteiger charge is 2.45. The summed E-state index contributed by atoms with van der Waals surface area (Å²) in [6, 6.07) is 75.0. The number of benzene rings is 9. The molecular weight excluding hydrogens is 866 g/mol. The van der Waals surface area contributed by atoms with Crippen molar-refractivity contribution in [2.45, 2.75) is 47.0 Å². The molecule has 0 fully saturated rings. The van der Waals surface area contributed by atoms with E-state index in [9.17, 15) is 0 Å². The molecule has 342 valence electrons. The first-order chi connectivity index (χ1) is 34.6. The van der Waals surface area contributed by atoms with Crippen LogP contribution in [0.25, 0.3) is 44.6 Å². The molecule has 0 atom stereocenters. The van der Waals surface area contributed by atoms with Gasteiger partial charge in [-0.05, 0) is 168 Å². The highest BCUT2D eigenvalue weighted by atomic mass is 16.3. The maximum atomic E-state index is 6.68. The average Bonchev–Trinajstić information content (AvgIpc) is 4.03. The summed E-state index contributed by atoms with van der Waals surface area (Å²) in [5, 5.41) is 2.13. The standard InChI is InChI=1S/C65H52BN3O2/c1-41-32-57-63-58(33-41)69(64-42(2)18-17-19-43(64)3)56-31-29-51(67(49-22-9-7-10-23-49)50-24-11-8-12-25-50)40-54(56)66(63)53-39-48(65(4,5)6)28-30-55(53)68(57)52-35-46(61-37-44-20-13-15-26-59(44)70-61)34-47(36-52)62-38-45-21-14-16-27-60(45)71-62/h7-40H,1-6H3. The van der Waals surface area contributed by atoms with Crippen LogP contribution in [0, 0.1) is 20.8 Å². The molecule has 0 unspecified atom stereocenters. The smallest absolute Gasteiger partial charge is 0.252 e. The summed E-state index contributed by atoms with van der Waals surface area (Å²) in [6.45, 7) is 13.6. The Hall–Kier alpha value is -8.48. The first-order valence-electron chi connectivity index (χ1n) is 24.7. The first kappa shape index (κ1) is 42.6. The van der Waals surface area contributed by atoms with E-state index in [1.807, 2.05) is 24.3 Å². The van der Waals surface area contributed by atoms with Crippen LogP contribution < -0.4 is 31.1 Å². The zero-order valence-corrected chi connectivity index (χ0v) is 40.9. The topological polar surface area (TPSA) is 36.0 Å². The van der Waals surface area contributed by atoms with Gasteiger partial charge in [-0.25, -0.2) is 0 Å². The van der Waals surface area contributed by atoms with Gasteiger partial charge < -0.3 is 23.5 Å². The molecule has 2 aliphatic heterocycles. The van der Waals surface area contributed by atoms with E-state index in [1.165, 1.54) is 55.7 Å². The van der Waals surface area contributed by atoms with Gasteiger partial charge in [0.15, 0.2) is 0 Å². The quantitative estimate of drug-likeness (QED) is 0.149. The summed E-state index contributed by atoms with van der Waals surface area (Å²) in [6.07, 6.45) is 0. The van der Waals surface area contributed by atoms with Gasteiger partial charge in [0.1, 0.15) is 22.7 Å². The van der Waals surface area contributed by atoms with Gasteiger partial charge in [0.05, 0.1) is 5.69 Å². The maximum Gasteiger partial charge on any atom is 0.252 e. The molecule has 0 bridgehead atoms. The molecule has 2 aromatic heterocycles. The summed E-state index contributed by atoms with van der Waals surface area (Å²) in [4.78, 5) is 7.46. The van der Waals surface area contributed by atoms with E-state index in [0.717, 1.165) is 78.7 Å². The lowest BCUT2D eigenvalue weighted by Gasteiger charge is -2.45. The Morgan fingerprint density at radius 3 is 1.54 bits per heavy atom. The lowest BCUT2D eigenvalue weighted by Crippen LogP contribution is -2.61. The number of fused-ring (bicyclic) bond motifs is 6. The molecule has 0 saturated heterocycles. The minimum absolute atomic E-state index is 0.104. The van der Waals surface area contributed by atoms with Gasteiger partial charge in [-0.1, -0.05) is 124 Å². The number of nitrogens with zero attached hydrogens (tertiary/aromatic N) is 3. The fraction of sp³-hybridized carbons (Fsp3) is 0.108. The second kappa shape index (κ2) is 16.3. The van der Waals surface area contributed by atoms with Gasteiger partial charge in [0.25, 0.3) is 6.71 Å². The largest absolute Gasteiger partial charge is 0.456 e. The highest BCUT2D eigenvalue weighted by Crippen LogP contribution is 2.49. The Morgan fingerprint density at radius 2 is 0.958 bits per heavy atom. The molecule has 0 spiro atoms. The zero-order chi connectivity index (χ0) is 48.1. The molecule has 0 N–H and O–H groups in total. The van der Waals surface area contributed by atoms with Crippen molar-refractivity contribution in [2.75, 3.05) is 14.7 Å². The van der Waals surface area contributed by atoms with Crippen LogP contribution in [-0.4, -0.2) is 6.71 Å². The Balaban J connectivity index is 1.11. The van der Waals surface area contributed by atoms with Gasteiger partial charge in [-0.3, -0.25) is 0 Å². The summed E-state index contributed by atoms with van der Waals surface area (Å²) < 4.78 is 13.4. The number of para-hydroxylation sites is 5. The van der Waals surface area contributed by atoms with Gasteiger partial charge in [0.2, 0.25) is 0 Å². The van der Waals surface area contributed by atoms with Crippen molar-refractivity contribution in [2.24, 2.45) is 0 Å². The van der Waals surface area contributed by atoms with Crippen LogP contribution in [0.4, 0.5) is 51.2 Å². The lowest BCUT2D eigenvalue weighted by atomic mass is 9.33. The van der Waals surface area contributed by atoms with Crippen LogP contribution in [0.1, 0.15) is 43.0 Å². The number of rotatable bonds is 7. The number of furan rings is 2. The second-order valence-corrected chi connectivity index (χ2v) is 20.4. The molecule has 2 aliphatic rings. The minimum atomic E-state index is -0.105. The molecule has 13 rings (SSSR count). The average molecular weight is 918 g/mol. The fourth-order valence-corrected chi connectivity index (χ4v) is 11.3. The monoisotopic (exact) mass is 917 g/mol. The van der Waals surface area contributed by atoms with E-state index < -0.39 is 0 Å². The van der Waals surface area contributed by atoms with Gasteiger partial charge in [0, 0.05) is 67.4 Å². The third-order valence-electron chi connectivity index (χ3n) is 14.6. The predicted octanol–water partition coefficient (Wildman–Crippen LogP) is 16.3. The lowest BCUT2D eigenvalue weighted by molar-refractivity contribution is 0.591. The Labute approximate surface area is 415 Å². The van der Waals surface area contributed by atoms with Crippen LogP contribution in [0.3, 0.4) is 0 Å². The molecule has 9 aromatic carbocycles. The van der Waals surface area contributed by atoms with Crippen LogP contribution >= 0.6 is 0 Å². The van der Waals surface area contributed by atoms with Crippen molar-refractivity contribution in [3.63, 3.8) is 0 Å². The molecular formula is C65H52BN3O2. The third-order valence-corrected chi connectivity index (χ3v) is 14.6. The number of anilines is 9. The predicted molar refractivity (Wildman–Crippen MR) is 298 cm³/mol. The van der Waals surface area contributed by atoms with Crippen LogP contribution in [0.5, 0.6) is 0 Å². The van der Waals surface area contributed by atoms with E-state index >= 15 is 0 Å². The van der Waals surface area contributed by atoms with Crippen molar-refractivity contribution in [1.82, 2.24) is 0 Å². The Kier molecular flexibility index (Phi) is 9.79. The number of hydrogen-bond acceptors (Lipinski definition) is 5. The van der Waals surface area contributed by atoms with E-state index in [-0.39, 0.29) is 12.1 Å². The normalized spacial score (nSPS) is 12.8. The van der Waals surface area contributed by atoms with Crippen molar-refractivity contribution in [3.8, 4) is 22.6 Å². The summed E-state index contributed by atoms with van der Waals surface area (Å²) in [5.74, 6) is 1.61. The van der Waals surface area contributed by atoms with Crippen LogP contribution in [0.15, 0.2) is 215 Å². The van der Waals surface area contributed by atoms with E-state index in [4.69, 9.17) is 8.83 Å². The molecule has 0 amide bonds. The van der Waals surface area contributed by atoms with Crippen molar-refractivity contribution >= 4 is 96.2 Å². The first-order valence-corrected chi connectivity index (χ1v) is 24.7. The van der Waals surface area contributed by atoms with Crippen molar-refractivity contribution < 1.29 is 8.83 Å². The van der Waals surface area contributed by atoms with Crippen LogP contribution in [0.2, 0.25) is 0 Å². The molecule has 0 radical (unpaired) electrons. The van der Waals surface area contributed by atoms with Crippen molar-refractivity contribution in [3.05, 3.63) is 229 Å². The molecule has 4 heterocycles. The SMILES string of the molecule is Cc1cc2c3c(c1)N(c1c(C)cccc1C)c1ccc(N(c4ccccc4)c4ccccc4)cc1B3c1cc(C(C)(C)C)ccc1N2c1cc(-c2cc3ccccc3o2)cc(-c2cc3ccccc3o2)c1. The molecule has 0 saturated carbocycles. The molecule has 11 aromatic rings. The number of aryl methyl sites for hydroxylation is 3. The van der Waals surface area contributed by atoms with E-state index in [2.05, 4.69) is 238 Å². The zero-order valence-electron chi connectivity index (χ0n) is 40.9. The molecule has 5 nitrogen and oxygen atoms in total. The van der Waals surface area contributed by atoms with Gasteiger partial charge in [-0.2, -0.15) is 0 Å². The third kappa shape index (κ3) is 7.08. The van der Waals surface area contributed by atoms with E-state index in [0.29, 0.717) is 0 Å². The van der Waals surface area contributed by atoms with Crippen molar-refractivity contribution in [1.29, 1.82) is 0 Å². The summed E-state index contributed by atoms with van der Waals surface area (Å²) in [5.41, 5.74) is 22.5. The summed E-state index contributed by atoms with van der Waals surface area (Å²) >= 11 is 0. The molecule has 71 heavy (non-hydrogen) atoms. The molecule has 6 heteroatoms. The summed E-state index contributed by atoms with van der Waals surface area (Å²) in [7, 11) is 0.